The van der Waals surface area contributed by atoms with E-state index in [0.717, 1.165) is 17.8 Å². The van der Waals surface area contributed by atoms with Crippen LogP contribution >= 0.6 is 11.3 Å². The summed E-state index contributed by atoms with van der Waals surface area (Å²) >= 11 is 1.49. The summed E-state index contributed by atoms with van der Waals surface area (Å²) in [5.74, 6) is 0.416. The molecular weight excluding hydrogens is 301 g/mol. The van der Waals surface area contributed by atoms with Gasteiger partial charge in [0, 0.05) is 24.9 Å². The molecule has 0 saturated heterocycles. The van der Waals surface area contributed by atoms with Crippen molar-refractivity contribution in [3.05, 3.63) is 34.3 Å². The lowest BCUT2D eigenvalue weighted by Crippen LogP contribution is -2.12. The van der Waals surface area contributed by atoms with Crippen molar-refractivity contribution in [1.82, 2.24) is 9.97 Å². The lowest BCUT2D eigenvalue weighted by Gasteiger charge is -2.13. The molecule has 114 valence electrons. The van der Waals surface area contributed by atoms with Crippen molar-refractivity contribution in [1.29, 1.82) is 0 Å². The first-order valence-corrected chi connectivity index (χ1v) is 7.37. The molecule has 0 aliphatic carbocycles. The highest BCUT2D eigenvalue weighted by molar-refractivity contribution is 7.07. The molecule has 0 amide bonds. The summed E-state index contributed by atoms with van der Waals surface area (Å²) in [6.45, 7) is 2.79. The van der Waals surface area contributed by atoms with E-state index in [1.165, 1.54) is 11.3 Å². The van der Waals surface area contributed by atoms with Crippen molar-refractivity contribution in [2.75, 3.05) is 23.7 Å². The van der Waals surface area contributed by atoms with Gasteiger partial charge >= 0.3 is 6.18 Å². The number of thiazole rings is 1. The molecule has 0 aromatic carbocycles. The Morgan fingerprint density at radius 1 is 1.19 bits per heavy atom. The highest BCUT2D eigenvalue weighted by Gasteiger charge is 2.31. The molecule has 0 saturated carbocycles. The van der Waals surface area contributed by atoms with Gasteiger partial charge in [0.2, 0.25) is 0 Å². The summed E-state index contributed by atoms with van der Waals surface area (Å²) < 4.78 is 38.5. The molecule has 21 heavy (non-hydrogen) atoms. The monoisotopic (exact) mass is 316 g/mol. The van der Waals surface area contributed by atoms with Gasteiger partial charge in [0.05, 0.1) is 16.8 Å². The molecule has 0 bridgehead atoms. The predicted octanol–water partition coefficient (Wildman–Crippen LogP) is 3.64. The van der Waals surface area contributed by atoms with Gasteiger partial charge in [-0.05, 0) is 19.1 Å². The van der Waals surface area contributed by atoms with Gasteiger partial charge < -0.3 is 10.6 Å². The van der Waals surface area contributed by atoms with Crippen LogP contribution < -0.4 is 10.6 Å². The van der Waals surface area contributed by atoms with Crippen molar-refractivity contribution >= 4 is 23.0 Å². The molecule has 2 aromatic rings. The Balaban J connectivity index is 2.08. The minimum atomic E-state index is -4.39. The van der Waals surface area contributed by atoms with Crippen molar-refractivity contribution in [2.24, 2.45) is 0 Å². The number of nitrogens with zero attached hydrogens (tertiary/aromatic N) is 2. The normalized spacial score (nSPS) is 11.4. The van der Waals surface area contributed by atoms with Gasteiger partial charge in [-0.2, -0.15) is 13.2 Å². The average molecular weight is 316 g/mol. The third-order valence-corrected chi connectivity index (χ3v) is 3.32. The molecule has 2 rings (SSSR count). The first-order chi connectivity index (χ1) is 9.99. The third-order valence-electron chi connectivity index (χ3n) is 2.68. The number of rotatable bonds is 6. The molecule has 2 heterocycles. The van der Waals surface area contributed by atoms with Gasteiger partial charge in [-0.1, -0.05) is 0 Å². The first-order valence-electron chi connectivity index (χ1n) is 6.43. The van der Waals surface area contributed by atoms with Crippen LogP contribution in [0.15, 0.2) is 23.0 Å². The fourth-order valence-corrected chi connectivity index (χ4v) is 2.33. The highest BCUT2D eigenvalue weighted by atomic mass is 32.1. The summed E-state index contributed by atoms with van der Waals surface area (Å²) in [4.78, 5) is 8.23. The van der Waals surface area contributed by atoms with Crippen LogP contribution in [0.1, 0.15) is 18.2 Å². The van der Waals surface area contributed by atoms with Gasteiger partial charge in [0.25, 0.3) is 0 Å². The number of alkyl halides is 3. The second-order valence-corrected chi connectivity index (χ2v) is 5.03. The number of hydrogen-bond donors (Lipinski definition) is 2. The molecule has 2 aromatic heterocycles. The molecule has 4 nitrogen and oxygen atoms in total. The van der Waals surface area contributed by atoms with Gasteiger partial charge in [-0.15, -0.1) is 11.3 Å². The topological polar surface area (TPSA) is 49.8 Å². The number of aromatic nitrogens is 2. The van der Waals surface area contributed by atoms with E-state index in [0.29, 0.717) is 19.5 Å². The third kappa shape index (κ3) is 4.59. The molecule has 0 spiro atoms. The van der Waals surface area contributed by atoms with Crippen molar-refractivity contribution in [3.63, 3.8) is 0 Å². The maximum absolute atomic E-state index is 12.8. The first kappa shape index (κ1) is 15.6. The van der Waals surface area contributed by atoms with Gasteiger partial charge in [0.1, 0.15) is 11.6 Å². The highest BCUT2D eigenvalue weighted by Crippen LogP contribution is 2.32. The van der Waals surface area contributed by atoms with E-state index in [-0.39, 0.29) is 11.6 Å². The molecule has 8 heteroatoms. The number of halogens is 3. The van der Waals surface area contributed by atoms with Gasteiger partial charge in [0.15, 0.2) is 0 Å². The second-order valence-electron chi connectivity index (χ2n) is 4.31. The van der Waals surface area contributed by atoms with Gasteiger partial charge in [-0.25, -0.2) is 9.97 Å². The van der Waals surface area contributed by atoms with E-state index in [1.54, 1.807) is 12.4 Å². The zero-order valence-electron chi connectivity index (χ0n) is 11.4. The van der Waals surface area contributed by atoms with E-state index < -0.39 is 11.7 Å². The summed E-state index contributed by atoms with van der Waals surface area (Å²) in [5, 5.41) is 7.62. The van der Waals surface area contributed by atoms with Crippen LogP contribution in [0.3, 0.4) is 0 Å². The van der Waals surface area contributed by atoms with Crippen LogP contribution in [-0.2, 0) is 12.6 Å². The van der Waals surface area contributed by atoms with E-state index in [2.05, 4.69) is 20.6 Å². The molecule has 0 aliphatic rings. The summed E-state index contributed by atoms with van der Waals surface area (Å²) in [6.07, 6.45) is -3.75. The summed E-state index contributed by atoms with van der Waals surface area (Å²) in [7, 11) is 0. The molecule has 0 atom stereocenters. The molecule has 0 fully saturated rings. The Kier molecular flexibility index (Phi) is 5.00. The number of anilines is 2. The van der Waals surface area contributed by atoms with E-state index >= 15 is 0 Å². The largest absolute Gasteiger partial charge is 0.416 e. The van der Waals surface area contributed by atoms with Crippen LogP contribution in [0.5, 0.6) is 0 Å². The number of pyridine rings is 1. The van der Waals surface area contributed by atoms with Crippen LogP contribution in [0.25, 0.3) is 0 Å². The van der Waals surface area contributed by atoms with Gasteiger partial charge in [-0.3, -0.25) is 0 Å². The van der Waals surface area contributed by atoms with E-state index in [1.807, 2.05) is 5.38 Å². The molecule has 0 radical (unpaired) electrons. The quantitative estimate of drug-likeness (QED) is 0.854. The predicted molar refractivity (Wildman–Crippen MR) is 77.7 cm³/mol. The Hall–Kier alpha value is -1.83. The Morgan fingerprint density at radius 2 is 1.90 bits per heavy atom. The molecular formula is C13H15F3N4S. The summed E-state index contributed by atoms with van der Waals surface area (Å²) in [6, 6.07) is 2.02. The minimum Gasteiger partial charge on any atom is -0.370 e. The Labute approximate surface area is 124 Å². The number of hydrogen-bond acceptors (Lipinski definition) is 5. The Morgan fingerprint density at radius 3 is 2.48 bits per heavy atom. The lowest BCUT2D eigenvalue weighted by atomic mass is 10.2. The fourth-order valence-electron chi connectivity index (χ4n) is 1.74. The van der Waals surface area contributed by atoms with E-state index in [4.69, 9.17) is 0 Å². The van der Waals surface area contributed by atoms with Crippen LogP contribution in [0.4, 0.5) is 24.8 Å². The average Bonchev–Trinajstić information content (AvgIpc) is 2.91. The fraction of sp³-hybridized carbons (Fsp3) is 0.385. The van der Waals surface area contributed by atoms with E-state index in [9.17, 15) is 13.2 Å². The van der Waals surface area contributed by atoms with Crippen molar-refractivity contribution in [2.45, 2.75) is 19.5 Å². The maximum atomic E-state index is 12.8. The zero-order valence-corrected chi connectivity index (χ0v) is 12.2. The second kappa shape index (κ2) is 6.75. The zero-order chi connectivity index (χ0) is 15.3. The van der Waals surface area contributed by atoms with Crippen LogP contribution in [-0.4, -0.2) is 23.1 Å². The number of nitrogens with one attached hydrogen (secondary N) is 2. The minimum absolute atomic E-state index is 0.205. The molecule has 0 aliphatic heterocycles. The molecule has 0 unspecified atom stereocenters. The van der Waals surface area contributed by atoms with Crippen molar-refractivity contribution < 1.29 is 13.2 Å². The summed E-state index contributed by atoms with van der Waals surface area (Å²) in [5.41, 5.74) is 1.91. The van der Waals surface area contributed by atoms with Crippen LogP contribution in [0, 0.1) is 0 Å². The standard InChI is InChI=1S/C13H15F3N4S/c1-2-17-11-5-9(13(14,15)16)6-12(20-11)18-4-3-10-7-21-8-19-10/h5-8H,2-4H2,1H3,(H2,17,18,20). The van der Waals surface area contributed by atoms with Crippen molar-refractivity contribution in [3.8, 4) is 0 Å². The van der Waals surface area contributed by atoms with Crippen LogP contribution in [0.2, 0.25) is 0 Å². The Bertz CT molecular complexity index is 569. The lowest BCUT2D eigenvalue weighted by molar-refractivity contribution is -0.137. The maximum Gasteiger partial charge on any atom is 0.416 e. The SMILES string of the molecule is CCNc1cc(C(F)(F)F)cc(NCCc2cscn2)n1. The molecule has 2 N–H and O–H groups in total. The smallest absolute Gasteiger partial charge is 0.370 e.